The van der Waals surface area contributed by atoms with Crippen molar-refractivity contribution < 1.29 is 0 Å². The van der Waals surface area contributed by atoms with Crippen LogP contribution in [0.15, 0.2) is 17.4 Å². The number of nitrogens with two attached hydrogens (primary N) is 1. The Kier molecular flexibility index (Phi) is 39.0. The second kappa shape index (κ2) is 31.4. The summed E-state index contributed by atoms with van der Waals surface area (Å²) in [5, 5.41) is 9.19. The third-order valence-corrected chi connectivity index (χ3v) is 3.62. The maximum atomic E-state index is 5.45. The fourth-order valence-corrected chi connectivity index (χ4v) is 2.08. The number of nitrogens with zero attached hydrogens (tertiary/aromatic N) is 1. The zero-order chi connectivity index (χ0) is 18.3. The highest BCUT2D eigenvalue weighted by Gasteiger charge is 1.90. The fraction of sp³-hybridized carbons (Fsp3) is 0.857. The van der Waals surface area contributed by atoms with Crippen molar-refractivity contribution in [2.45, 2.75) is 92.9 Å². The molecule has 26 heavy (non-hydrogen) atoms. The molecule has 0 amide bonds. The van der Waals surface area contributed by atoms with Crippen LogP contribution in [0.3, 0.4) is 0 Å². The number of nitrogens with one attached hydrogen (secondary N) is 3. The van der Waals surface area contributed by atoms with Crippen molar-refractivity contribution in [2.75, 3.05) is 27.2 Å². The molecule has 0 saturated carbocycles. The van der Waals surface area contributed by atoms with Crippen molar-refractivity contribution >= 4 is 5.96 Å². The lowest BCUT2D eigenvalue weighted by Crippen LogP contribution is -2.31. The van der Waals surface area contributed by atoms with Crippen LogP contribution in [0.25, 0.3) is 0 Å². The second-order valence-corrected chi connectivity index (χ2v) is 5.94. The van der Waals surface area contributed by atoms with Crippen LogP contribution in [0.5, 0.6) is 0 Å². The predicted octanol–water partition coefficient (Wildman–Crippen LogP) is 5.00. The molecule has 0 spiro atoms. The van der Waals surface area contributed by atoms with Gasteiger partial charge in [0.1, 0.15) is 0 Å². The Labute approximate surface area is 165 Å². The molecule has 0 aliphatic carbocycles. The first-order chi connectivity index (χ1) is 11.7. The molecule has 0 aliphatic heterocycles. The number of aliphatic imine (C=N–C) groups is 1. The van der Waals surface area contributed by atoms with E-state index in [0.29, 0.717) is 5.96 Å². The monoisotopic (exact) mass is 373 g/mol. The molecule has 5 N–H and O–H groups in total. The Morgan fingerprint density at radius 1 is 0.808 bits per heavy atom. The highest BCUT2D eigenvalue weighted by atomic mass is 15.1. The van der Waals surface area contributed by atoms with Gasteiger partial charge in [0, 0.05) is 39.6 Å². The predicted molar refractivity (Wildman–Crippen MR) is 123 cm³/mol. The number of rotatable bonds is 14. The minimum Gasteiger partial charge on any atom is -0.393 e. The van der Waals surface area contributed by atoms with Crippen LogP contribution < -0.4 is 21.7 Å². The maximum Gasteiger partial charge on any atom is 0.188 e. The molecule has 0 aromatic rings. The standard InChI is InChI=1S/C10H22N2.C9H21N3.2CH4/c1-3-4-5-6-7-8-12-10-9-11-2;1-3-4-5-6-7-8-12-9(10)11-2;;/h9-12H,3-8H2,1-2H3;3-8H2,1-2H3,(H3,10,11,12);2*1H4. The number of hydrogen-bond donors (Lipinski definition) is 4. The van der Waals surface area contributed by atoms with E-state index >= 15 is 0 Å². The summed E-state index contributed by atoms with van der Waals surface area (Å²) in [7, 11) is 3.60. The van der Waals surface area contributed by atoms with Gasteiger partial charge in [-0.05, 0) is 12.8 Å². The van der Waals surface area contributed by atoms with Gasteiger partial charge in [-0.3, -0.25) is 4.99 Å². The van der Waals surface area contributed by atoms with E-state index in [1.165, 1.54) is 64.2 Å². The minimum atomic E-state index is 0. The van der Waals surface area contributed by atoms with E-state index < -0.39 is 0 Å². The molecule has 0 radical (unpaired) electrons. The van der Waals surface area contributed by atoms with Crippen molar-refractivity contribution in [1.29, 1.82) is 0 Å². The van der Waals surface area contributed by atoms with Crippen molar-refractivity contribution in [3.63, 3.8) is 0 Å². The lowest BCUT2D eigenvalue weighted by molar-refractivity contribution is 0.618. The van der Waals surface area contributed by atoms with Crippen molar-refractivity contribution in [3.05, 3.63) is 12.4 Å². The van der Waals surface area contributed by atoms with Gasteiger partial charge in [-0.15, -0.1) is 0 Å². The first-order valence-electron chi connectivity index (χ1n) is 9.74. The van der Waals surface area contributed by atoms with Gasteiger partial charge < -0.3 is 21.7 Å². The van der Waals surface area contributed by atoms with Gasteiger partial charge in [-0.2, -0.15) is 0 Å². The molecule has 0 rings (SSSR count). The zero-order valence-electron chi connectivity index (χ0n) is 16.7. The third-order valence-electron chi connectivity index (χ3n) is 3.62. The van der Waals surface area contributed by atoms with Gasteiger partial charge in [0.25, 0.3) is 0 Å². The lowest BCUT2D eigenvalue weighted by Gasteiger charge is -2.03. The molecule has 0 aliphatic rings. The first kappa shape index (κ1) is 32.3. The number of hydrogen-bond acceptors (Lipinski definition) is 3. The molecule has 0 bridgehead atoms. The third kappa shape index (κ3) is 34.0. The van der Waals surface area contributed by atoms with E-state index in [4.69, 9.17) is 5.73 Å². The smallest absolute Gasteiger partial charge is 0.188 e. The maximum absolute atomic E-state index is 5.45. The van der Waals surface area contributed by atoms with Crippen LogP contribution in [-0.4, -0.2) is 33.1 Å². The summed E-state index contributed by atoms with van der Waals surface area (Å²) in [4.78, 5) is 3.81. The van der Waals surface area contributed by atoms with Gasteiger partial charge in [0.05, 0.1) is 0 Å². The first-order valence-corrected chi connectivity index (χ1v) is 9.74. The molecule has 0 unspecified atom stereocenters. The molecule has 0 aromatic carbocycles. The van der Waals surface area contributed by atoms with E-state index in [2.05, 4.69) is 34.8 Å². The summed E-state index contributed by atoms with van der Waals surface area (Å²) in [6.07, 6.45) is 17.1. The highest BCUT2D eigenvalue weighted by molar-refractivity contribution is 5.77. The van der Waals surface area contributed by atoms with Crippen LogP contribution in [0, 0.1) is 0 Å². The Morgan fingerprint density at radius 3 is 1.77 bits per heavy atom. The van der Waals surface area contributed by atoms with E-state index in [1.807, 2.05) is 19.4 Å². The summed E-state index contributed by atoms with van der Waals surface area (Å²) in [6, 6.07) is 0. The van der Waals surface area contributed by atoms with E-state index in [-0.39, 0.29) is 14.9 Å². The Balaban J connectivity index is -0.000000173. The fourth-order valence-electron chi connectivity index (χ4n) is 2.08. The Morgan fingerprint density at radius 2 is 1.31 bits per heavy atom. The van der Waals surface area contributed by atoms with Crippen LogP contribution in [0.4, 0.5) is 0 Å². The molecular formula is C21H51N5. The average Bonchev–Trinajstić information content (AvgIpc) is 2.60. The van der Waals surface area contributed by atoms with E-state index in [0.717, 1.165) is 13.1 Å². The lowest BCUT2D eigenvalue weighted by atomic mass is 10.1. The SMILES string of the molecule is C.C.CCCCCCCNC(N)=NC.CCCCCCCNC=CNC. The molecule has 5 nitrogen and oxygen atoms in total. The summed E-state index contributed by atoms with van der Waals surface area (Å²) in [5.74, 6) is 0.547. The second-order valence-electron chi connectivity index (χ2n) is 5.94. The molecule has 0 aromatic heterocycles. The average molecular weight is 374 g/mol. The summed E-state index contributed by atoms with van der Waals surface area (Å²) in [5.41, 5.74) is 5.45. The van der Waals surface area contributed by atoms with Crippen LogP contribution >= 0.6 is 0 Å². The Bertz CT molecular complexity index is 278. The molecular weight excluding hydrogens is 322 g/mol. The summed E-state index contributed by atoms with van der Waals surface area (Å²) >= 11 is 0. The van der Waals surface area contributed by atoms with E-state index in [1.54, 1.807) is 7.05 Å². The molecule has 5 heteroatoms. The van der Waals surface area contributed by atoms with Crippen LogP contribution in [0.1, 0.15) is 92.9 Å². The highest BCUT2D eigenvalue weighted by Crippen LogP contribution is 2.01. The molecule has 0 fully saturated rings. The number of guanidine groups is 1. The number of unbranched alkanes of at least 4 members (excludes halogenated alkanes) is 8. The summed E-state index contributed by atoms with van der Waals surface area (Å²) < 4.78 is 0. The van der Waals surface area contributed by atoms with Gasteiger partial charge in [0.2, 0.25) is 0 Å². The minimum absolute atomic E-state index is 0. The van der Waals surface area contributed by atoms with Crippen molar-refractivity contribution in [1.82, 2.24) is 16.0 Å². The molecule has 0 heterocycles. The zero-order valence-corrected chi connectivity index (χ0v) is 16.7. The van der Waals surface area contributed by atoms with Gasteiger partial charge in [-0.1, -0.05) is 80.1 Å². The topological polar surface area (TPSA) is 74.5 Å². The molecule has 0 saturated heterocycles. The van der Waals surface area contributed by atoms with Crippen LogP contribution in [-0.2, 0) is 0 Å². The van der Waals surface area contributed by atoms with Crippen molar-refractivity contribution in [2.24, 2.45) is 10.7 Å². The quantitative estimate of drug-likeness (QED) is 0.196. The Hall–Kier alpha value is -1.39. The van der Waals surface area contributed by atoms with Crippen molar-refractivity contribution in [3.8, 4) is 0 Å². The van der Waals surface area contributed by atoms with Crippen LogP contribution in [0.2, 0.25) is 0 Å². The summed E-state index contributed by atoms with van der Waals surface area (Å²) in [6.45, 7) is 6.52. The van der Waals surface area contributed by atoms with Gasteiger partial charge in [0.15, 0.2) is 5.96 Å². The normalized spacial score (nSPS) is 10.2. The molecule has 160 valence electrons. The molecule has 0 atom stereocenters. The van der Waals surface area contributed by atoms with E-state index in [9.17, 15) is 0 Å². The van der Waals surface area contributed by atoms with Gasteiger partial charge >= 0.3 is 0 Å². The van der Waals surface area contributed by atoms with Gasteiger partial charge in [-0.25, -0.2) is 0 Å². The largest absolute Gasteiger partial charge is 0.393 e.